The molecule has 6 nitrogen and oxygen atoms in total. The number of hydrogen-bond donors (Lipinski definition) is 1. The SMILES string of the molecule is CC[C@H](C)NC(=O)[C@H](C)n1c(=O)n(-c2ccc(C)c(C)c2)c(=O)c2ccccc21. The summed E-state index contributed by atoms with van der Waals surface area (Å²) in [5.74, 6) is -0.253. The Balaban J connectivity index is 2.30. The average Bonchev–Trinajstić information content (AvgIpc) is 2.70. The van der Waals surface area contributed by atoms with Crippen molar-refractivity contribution in [3.05, 3.63) is 74.4 Å². The number of fused-ring (bicyclic) bond motifs is 1. The Bertz CT molecular complexity index is 1190. The van der Waals surface area contributed by atoms with Crippen LogP contribution in [-0.4, -0.2) is 21.1 Å². The van der Waals surface area contributed by atoms with Crippen molar-refractivity contribution in [3.63, 3.8) is 0 Å². The van der Waals surface area contributed by atoms with E-state index >= 15 is 0 Å². The first-order valence-corrected chi connectivity index (χ1v) is 9.90. The molecule has 6 heteroatoms. The van der Waals surface area contributed by atoms with Crippen molar-refractivity contribution >= 4 is 16.8 Å². The third kappa shape index (κ3) is 3.75. The molecule has 0 bridgehead atoms. The maximum Gasteiger partial charge on any atom is 0.336 e. The topological polar surface area (TPSA) is 73.1 Å². The zero-order valence-electron chi connectivity index (χ0n) is 17.5. The van der Waals surface area contributed by atoms with Gasteiger partial charge in [0.05, 0.1) is 16.6 Å². The summed E-state index contributed by atoms with van der Waals surface area (Å²) in [5, 5.41) is 3.32. The van der Waals surface area contributed by atoms with E-state index in [1.807, 2.05) is 39.8 Å². The van der Waals surface area contributed by atoms with E-state index in [4.69, 9.17) is 0 Å². The van der Waals surface area contributed by atoms with Gasteiger partial charge in [-0.25, -0.2) is 9.36 Å². The number of benzene rings is 2. The van der Waals surface area contributed by atoms with Crippen LogP contribution in [0.1, 0.15) is 44.4 Å². The minimum absolute atomic E-state index is 0.00225. The number of amides is 1. The van der Waals surface area contributed by atoms with Crippen LogP contribution >= 0.6 is 0 Å². The van der Waals surface area contributed by atoms with Crippen molar-refractivity contribution in [2.45, 2.75) is 53.1 Å². The molecule has 3 rings (SSSR count). The van der Waals surface area contributed by atoms with Gasteiger partial charge >= 0.3 is 5.69 Å². The van der Waals surface area contributed by atoms with E-state index in [2.05, 4.69) is 5.32 Å². The Morgan fingerprint density at radius 1 is 1.03 bits per heavy atom. The smallest absolute Gasteiger partial charge is 0.336 e. The second-order valence-corrected chi connectivity index (χ2v) is 7.57. The maximum atomic E-state index is 13.4. The number of para-hydroxylation sites is 1. The number of aromatic nitrogens is 2. The molecule has 0 aliphatic carbocycles. The molecule has 3 aromatic rings. The monoisotopic (exact) mass is 393 g/mol. The summed E-state index contributed by atoms with van der Waals surface area (Å²) in [4.78, 5) is 39.4. The minimum atomic E-state index is -0.764. The van der Waals surface area contributed by atoms with Crippen molar-refractivity contribution in [2.24, 2.45) is 0 Å². The molecule has 2 aromatic carbocycles. The summed E-state index contributed by atoms with van der Waals surface area (Å²) in [5.41, 5.74) is 2.09. The molecule has 0 fully saturated rings. The summed E-state index contributed by atoms with van der Waals surface area (Å²) in [6.45, 7) is 9.49. The van der Waals surface area contributed by atoms with E-state index in [-0.39, 0.29) is 17.5 Å². The first-order valence-electron chi connectivity index (χ1n) is 9.90. The fraction of sp³-hybridized carbons (Fsp3) is 0.348. The quantitative estimate of drug-likeness (QED) is 0.723. The Hall–Kier alpha value is -3.15. The van der Waals surface area contributed by atoms with Crippen molar-refractivity contribution in [3.8, 4) is 5.69 Å². The Kier molecular flexibility index (Phi) is 5.73. The van der Waals surface area contributed by atoms with Gasteiger partial charge in [-0.15, -0.1) is 0 Å². The van der Waals surface area contributed by atoms with Crippen LogP contribution in [0.4, 0.5) is 0 Å². The van der Waals surface area contributed by atoms with Crippen molar-refractivity contribution in [2.75, 3.05) is 0 Å². The summed E-state index contributed by atoms with van der Waals surface area (Å²) >= 11 is 0. The lowest BCUT2D eigenvalue weighted by molar-refractivity contribution is -0.124. The molecule has 0 radical (unpaired) electrons. The predicted molar refractivity (Wildman–Crippen MR) is 116 cm³/mol. The molecule has 2 atom stereocenters. The highest BCUT2D eigenvalue weighted by Gasteiger charge is 2.23. The van der Waals surface area contributed by atoms with Gasteiger partial charge in [0, 0.05) is 6.04 Å². The van der Waals surface area contributed by atoms with Crippen LogP contribution in [0.15, 0.2) is 52.1 Å². The second-order valence-electron chi connectivity index (χ2n) is 7.57. The molecular weight excluding hydrogens is 366 g/mol. The molecule has 29 heavy (non-hydrogen) atoms. The van der Waals surface area contributed by atoms with Gasteiger partial charge in [-0.3, -0.25) is 14.2 Å². The molecule has 0 saturated heterocycles. The molecule has 1 aromatic heterocycles. The van der Waals surface area contributed by atoms with Gasteiger partial charge in [-0.2, -0.15) is 0 Å². The van der Waals surface area contributed by atoms with E-state index in [0.29, 0.717) is 16.6 Å². The zero-order valence-corrected chi connectivity index (χ0v) is 17.5. The number of rotatable bonds is 5. The maximum absolute atomic E-state index is 13.4. The first-order chi connectivity index (χ1) is 13.8. The normalized spacial score (nSPS) is 13.3. The van der Waals surface area contributed by atoms with E-state index in [9.17, 15) is 14.4 Å². The molecule has 152 valence electrons. The number of carbonyl (C=O) groups is 1. The fourth-order valence-electron chi connectivity index (χ4n) is 3.33. The van der Waals surface area contributed by atoms with Gasteiger partial charge in [-0.05, 0) is 69.5 Å². The lowest BCUT2D eigenvalue weighted by Crippen LogP contribution is -2.45. The molecule has 0 spiro atoms. The highest BCUT2D eigenvalue weighted by atomic mass is 16.2. The summed E-state index contributed by atoms with van der Waals surface area (Å²) in [7, 11) is 0. The largest absolute Gasteiger partial charge is 0.352 e. The van der Waals surface area contributed by atoms with E-state index in [1.54, 1.807) is 37.3 Å². The van der Waals surface area contributed by atoms with Gasteiger partial charge in [-0.1, -0.05) is 25.1 Å². The van der Waals surface area contributed by atoms with Crippen LogP contribution in [0.3, 0.4) is 0 Å². The fourth-order valence-corrected chi connectivity index (χ4v) is 3.33. The lowest BCUT2D eigenvalue weighted by atomic mass is 10.1. The first kappa shape index (κ1) is 20.6. The molecule has 1 amide bonds. The van der Waals surface area contributed by atoms with Crippen LogP contribution in [0.25, 0.3) is 16.6 Å². The molecule has 1 N–H and O–H groups in total. The number of hydrogen-bond acceptors (Lipinski definition) is 3. The van der Waals surface area contributed by atoms with E-state index in [0.717, 1.165) is 22.1 Å². The molecular formula is C23H27N3O3. The van der Waals surface area contributed by atoms with Crippen molar-refractivity contribution in [1.29, 1.82) is 0 Å². The molecule has 0 saturated carbocycles. The summed E-state index contributed by atoms with van der Waals surface area (Å²) in [6, 6.07) is 11.6. The Morgan fingerprint density at radius 3 is 2.38 bits per heavy atom. The van der Waals surface area contributed by atoms with Crippen LogP contribution in [0.2, 0.25) is 0 Å². The Labute approximate surface area is 169 Å². The van der Waals surface area contributed by atoms with Crippen LogP contribution in [0, 0.1) is 13.8 Å². The third-order valence-electron chi connectivity index (χ3n) is 5.51. The van der Waals surface area contributed by atoms with E-state index < -0.39 is 11.7 Å². The lowest BCUT2D eigenvalue weighted by Gasteiger charge is -2.21. The summed E-state index contributed by atoms with van der Waals surface area (Å²) < 4.78 is 2.56. The molecule has 1 heterocycles. The zero-order chi connectivity index (χ0) is 21.3. The van der Waals surface area contributed by atoms with Crippen LogP contribution < -0.4 is 16.6 Å². The van der Waals surface area contributed by atoms with Gasteiger partial charge in [0.1, 0.15) is 6.04 Å². The average molecular weight is 393 g/mol. The number of aryl methyl sites for hydroxylation is 2. The van der Waals surface area contributed by atoms with Crippen molar-refractivity contribution < 1.29 is 4.79 Å². The van der Waals surface area contributed by atoms with Crippen molar-refractivity contribution in [1.82, 2.24) is 14.5 Å². The highest BCUT2D eigenvalue weighted by Crippen LogP contribution is 2.16. The second kappa shape index (κ2) is 8.07. The van der Waals surface area contributed by atoms with E-state index in [1.165, 1.54) is 4.57 Å². The third-order valence-corrected chi connectivity index (χ3v) is 5.51. The number of nitrogens with zero attached hydrogens (tertiary/aromatic N) is 2. The molecule has 0 aliphatic rings. The van der Waals surface area contributed by atoms with Crippen LogP contribution in [0.5, 0.6) is 0 Å². The van der Waals surface area contributed by atoms with Gasteiger partial charge < -0.3 is 5.32 Å². The Morgan fingerprint density at radius 2 is 1.72 bits per heavy atom. The number of carbonyl (C=O) groups excluding carboxylic acids is 1. The molecule has 0 unspecified atom stereocenters. The van der Waals surface area contributed by atoms with Gasteiger partial charge in [0.15, 0.2) is 0 Å². The number of nitrogens with one attached hydrogen (secondary N) is 1. The molecule has 0 aliphatic heterocycles. The minimum Gasteiger partial charge on any atom is -0.352 e. The summed E-state index contributed by atoms with van der Waals surface area (Å²) in [6.07, 6.45) is 0.788. The van der Waals surface area contributed by atoms with Crippen LogP contribution in [-0.2, 0) is 4.79 Å². The standard InChI is InChI=1S/C23H27N3O3/c1-6-16(4)24-21(27)17(5)25-20-10-8-7-9-19(20)22(28)26(23(25)29)18-12-11-14(2)15(3)13-18/h7-13,16-17H,6H2,1-5H3,(H,24,27)/t16-,17-/m0/s1. The van der Waals surface area contributed by atoms with Gasteiger partial charge in [0.2, 0.25) is 5.91 Å². The predicted octanol–water partition coefficient (Wildman–Crippen LogP) is 3.24. The van der Waals surface area contributed by atoms with Gasteiger partial charge in [0.25, 0.3) is 5.56 Å². The highest BCUT2D eigenvalue weighted by molar-refractivity contribution is 5.84.